The lowest BCUT2D eigenvalue weighted by Gasteiger charge is -2.38. The average Bonchev–Trinajstić information content (AvgIpc) is 2.82. The molecule has 0 spiro atoms. The van der Waals surface area contributed by atoms with E-state index in [1.807, 2.05) is 0 Å². The van der Waals surface area contributed by atoms with Gasteiger partial charge in [0, 0.05) is 23.3 Å². The number of fused-ring (bicyclic) bond motifs is 1. The lowest BCUT2D eigenvalue weighted by atomic mass is 9.71. The summed E-state index contributed by atoms with van der Waals surface area (Å²) < 4.78 is 2.14. The van der Waals surface area contributed by atoms with Gasteiger partial charge in [-0.05, 0) is 58.4 Å². The van der Waals surface area contributed by atoms with Crippen LogP contribution in [0.4, 0.5) is 0 Å². The Hall–Kier alpha value is -0.870. The van der Waals surface area contributed by atoms with Crippen molar-refractivity contribution in [1.29, 1.82) is 0 Å². The Balaban J connectivity index is 1.56. The number of imidazole rings is 1. The van der Waals surface area contributed by atoms with Gasteiger partial charge in [-0.1, -0.05) is 0 Å². The zero-order valence-corrected chi connectivity index (χ0v) is 12.8. The van der Waals surface area contributed by atoms with E-state index in [0.717, 1.165) is 29.8 Å². The van der Waals surface area contributed by atoms with Crippen LogP contribution in [0.5, 0.6) is 0 Å². The highest BCUT2D eigenvalue weighted by Crippen LogP contribution is 2.36. The molecule has 0 radical (unpaired) electrons. The summed E-state index contributed by atoms with van der Waals surface area (Å²) in [7, 11) is 0. The maximum atomic E-state index is 4.70. The van der Waals surface area contributed by atoms with Crippen molar-refractivity contribution in [3.8, 4) is 0 Å². The molecular weight excluding hydrogens is 254 g/mol. The molecule has 104 valence electrons. The first kappa shape index (κ1) is 13.1. The van der Waals surface area contributed by atoms with E-state index in [1.54, 1.807) is 11.3 Å². The second-order valence-corrected chi connectivity index (χ2v) is 7.63. The molecule has 2 aromatic rings. The van der Waals surface area contributed by atoms with Gasteiger partial charge in [0.15, 0.2) is 4.96 Å². The van der Waals surface area contributed by atoms with E-state index in [2.05, 4.69) is 48.3 Å². The fourth-order valence-corrected chi connectivity index (χ4v) is 3.47. The quantitative estimate of drug-likeness (QED) is 0.928. The number of nitrogens with one attached hydrogen (secondary N) is 1. The third-order valence-corrected chi connectivity index (χ3v) is 4.85. The zero-order valence-electron chi connectivity index (χ0n) is 12.0. The van der Waals surface area contributed by atoms with Crippen molar-refractivity contribution in [2.75, 3.05) is 6.54 Å². The normalized spacial score (nSPS) is 23.7. The van der Waals surface area contributed by atoms with Gasteiger partial charge in [0.1, 0.15) is 0 Å². The lowest BCUT2D eigenvalue weighted by molar-refractivity contribution is 0.158. The standard InChI is InChI=1S/C15H23N3S/c1-15(2,3)16-9-12-5-4-11(12)8-13-10-18-6-7-19-14(18)17-13/h6-7,10-12,16H,4-5,8-9H2,1-3H3. The molecule has 2 atom stereocenters. The van der Waals surface area contributed by atoms with Gasteiger partial charge in [-0.25, -0.2) is 4.98 Å². The molecule has 0 bridgehead atoms. The van der Waals surface area contributed by atoms with Crippen LogP contribution in [0.3, 0.4) is 0 Å². The minimum atomic E-state index is 0.233. The Morgan fingerprint density at radius 3 is 2.79 bits per heavy atom. The van der Waals surface area contributed by atoms with Crippen molar-refractivity contribution in [1.82, 2.24) is 14.7 Å². The molecule has 0 saturated heterocycles. The number of nitrogens with zero attached hydrogens (tertiary/aromatic N) is 2. The van der Waals surface area contributed by atoms with Crippen molar-refractivity contribution in [2.24, 2.45) is 11.8 Å². The van der Waals surface area contributed by atoms with Crippen LogP contribution < -0.4 is 5.32 Å². The molecule has 3 nitrogen and oxygen atoms in total. The number of rotatable bonds is 4. The van der Waals surface area contributed by atoms with Crippen LogP contribution in [0.2, 0.25) is 0 Å². The van der Waals surface area contributed by atoms with Crippen LogP contribution in [0.1, 0.15) is 39.3 Å². The maximum absolute atomic E-state index is 4.70. The lowest BCUT2D eigenvalue weighted by Crippen LogP contribution is -2.44. The fourth-order valence-electron chi connectivity index (χ4n) is 2.76. The van der Waals surface area contributed by atoms with Crippen molar-refractivity contribution >= 4 is 16.3 Å². The van der Waals surface area contributed by atoms with Gasteiger partial charge in [0.25, 0.3) is 0 Å². The second kappa shape index (κ2) is 4.91. The molecule has 1 aliphatic rings. The van der Waals surface area contributed by atoms with Crippen LogP contribution in [0.15, 0.2) is 17.8 Å². The van der Waals surface area contributed by atoms with Gasteiger partial charge in [0.2, 0.25) is 0 Å². The Bertz CT molecular complexity index is 520. The molecule has 1 fully saturated rings. The minimum absolute atomic E-state index is 0.233. The molecule has 0 aliphatic heterocycles. The van der Waals surface area contributed by atoms with E-state index in [4.69, 9.17) is 4.98 Å². The van der Waals surface area contributed by atoms with E-state index in [0.29, 0.717) is 0 Å². The third-order valence-electron chi connectivity index (χ3n) is 4.08. The third kappa shape index (κ3) is 3.00. The van der Waals surface area contributed by atoms with Gasteiger partial charge in [-0.3, -0.25) is 4.40 Å². The van der Waals surface area contributed by atoms with Crippen LogP contribution in [0, 0.1) is 11.8 Å². The zero-order chi connectivity index (χ0) is 13.5. The van der Waals surface area contributed by atoms with Crippen LogP contribution >= 0.6 is 11.3 Å². The smallest absolute Gasteiger partial charge is 0.193 e. The Labute approximate surface area is 119 Å². The van der Waals surface area contributed by atoms with Crippen LogP contribution in [-0.4, -0.2) is 21.5 Å². The highest BCUT2D eigenvalue weighted by atomic mass is 32.1. The van der Waals surface area contributed by atoms with Crippen molar-refractivity contribution < 1.29 is 0 Å². The molecule has 0 amide bonds. The molecule has 1 saturated carbocycles. The summed E-state index contributed by atoms with van der Waals surface area (Å²) in [5.41, 5.74) is 1.49. The largest absolute Gasteiger partial charge is 0.312 e. The molecular formula is C15H23N3S. The fraction of sp³-hybridized carbons (Fsp3) is 0.667. The maximum Gasteiger partial charge on any atom is 0.193 e. The molecule has 4 heteroatoms. The summed E-state index contributed by atoms with van der Waals surface area (Å²) in [5, 5.41) is 5.73. The summed E-state index contributed by atoms with van der Waals surface area (Å²) in [6, 6.07) is 0. The summed E-state index contributed by atoms with van der Waals surface area (Å²) in [6.45, 7) is 7.87. The van der Waals surface area contributed by atoms with Crippen LogP contribution in [0.25, 0.3) is 4.96 Å². The summed E-state index contributed by atoms with van der Waals surface area (Å²) in [4.78, 5) is 5.82. The molecule has 2 aromatic heterocycles. The SMILES string of the molecule is CC(C)(C)NCC1CCC1Cc1cn2ccsc2n1. The van der Waals surface area contributed by atoms with Gasteiger partial charge >= 0.3 is 0 Å². The van der Waals surface area contributed by atoms with E-state index < -0.39 is 0 Å². The monoisotopic (exact) mass is 277 g/mol. The average molecular weight is 277 g/mol. The first-order valence-electron chi connectivity index (χ1n) is 7.17. The van der Waals surface area contributed by atoms with E-state index in [-0.39, 0.29) is 5.54 Å². The molecule has 3 rings (SSSR count). The highest BCUT2D eigenvalue weighted by molar-refractivity contribution is 7.15. The van der Waals surface area contributed by atoms with Crippen molar-refractivity contribution in [3.05, 3.63) is 23.5 Å². The predicted molar refractivity (Wildman–Crippen MR) is 80.7 cm³/mol. The van der Waals surface area contributed by atoms with Gasteiger partial charge in [-0.15, -0.1) is 11.3 Å². The molecule has 2 heterocycles. The summed E-state index contributed by atoms with van der Waals surface area (Å²) >= 11 is 1.71. The molecule has 19 heavy (non-hydrogen) atoms. The Morgan fingerprint density at radius 2 is 2.16 bits per heavy atom. The molecule has 0 aromatic carbocycles. The minimum Gasteiger partial charge on any atom is -0.312 e. The van der Waals surface area contributed by atoms with Gasteiger partial charge in [-0.2, -0.15) is 0 Å². The predicted octanol–water partition coefficient (Wildman–Crippen LogP) is 3.35. The molecule has 1 N–H and O–H groups in total. The summed E-state index contributed by atoms with van der Waals surface area (Å²) in [5.74, 6) is 1.65. The van der Waals surface area contributed by atoms with Crippen molar-refractivity contribution in [3.63, 3.8) is 0 Å². The van der Waals surface area contributed by atoms with E-state index >= 15 is 0 Å². The van der Waals surface area contributed by atoms with E-state index in [9.17, 15) is 0 Å². The van der Waals surface area contributed by atoms with E-state index in [1.165, 1.54) is 18.5 Å². The number of hydrogen-bond acceptors (Lipinski definition) is 3. The number of thiazole rings is 1. The number of aromatic nitrogens is 2. The molecule has 1 aliphatic carbocycles. The Kier molecular flexibility index (Phi) is 3.39. The highest BCUT2D eigenvalue weighted by Gasteiger charge is 2.31. The van der Waals surface area contributed by atoms with Crippen molar-refractivity contribution in [2.45, 2.75) is 45.6 Å². The van der Waals surface area contributed by atoms with Gasteiger partial charge in [0.05, 0.1) is 5.69 Å². The second-order valence-electron chi connectivity index (χ2n) is 6.76. The first-order valence-corrected chi connectivity index (χ1v) is 8.05. The molecule has 2 unspecified atom stereocenters. The topological polar surface area (TPSA) is 29.3 Å². The first-order chi connectivity index (χ1) is 9.01. The number of hydrogen-bond donors (Lipinski definition) is 1. The Morgan fingerprint density at radius 1 is 1.37 bits per heavy atom. The summed E-state index contributed by atoms with van der Waals surface area (Å²) in [6.07, 6.45) is 8.16. The van der Waals surface area contributed by atoms with Crippen LogP contribution in [-0.2, 0) is 6.42 Å². The van der Waals surface area contributed by atoms with Gasteiger partial charge < -0.3 is 5.32 Å².